The van der Waals surface area contributed by atoms with E-state index >= 15 is 0 Å². The summed E-state index contributed by atoms with van der Waals surface area (Å²) in [7, 11) is 0. The van der Waals surface area contributed by atoms with E-state index in [1.165, 1.54) is 6.07 Å². The van der Waals surface area contributed by atoms with Crippen LogP contribution in [0.2, 0.25) is 0 Å². The van der Waals surface area contributed by atoms with Crippen LogP contribution in [0.3, 0.4) is 0 Å². The molecule has 0 radical (unpaired) electrons. The van der Waals surface area contributed by atoms with Crippen molar-refractivity contribution in [1.29, 1.82) is 0 Å². The van der Waals surface area contributed by atoms with Crippen molar-refractivity contribution in [3.05, 3.63) is 32.8 Å². The maximum Gasteiger partial charge on any atom is 0.146 e. The van der Waals surface area contributed by atoms with E-state index in [1.807, 2.05) is 0 Å². The van der Waals surface area contributed by atoms with Crippen LogP contribution < -0.4 is 5.73 Å². The molecule has 1 heterocycles. The Labute approximate surface area is 118 Å². The Kier molecular flexibility index (Phi) is 3.47. The Hall–Kier alpha value is -0.940. The van der Waals surface area contributed by atoms with Crippen LogP contribution in [0.5, 0.6) is 0 Å². The molecule has 96 valence electrons. The third-order valence-corrected chi connectivity index (χ3v) is 4.63. The number of hydrogen-bond donors (Lipinski definition) is 1. The van der Waals surface area contributed by atoms with Crippen molar-refractivity contribution in [3.8, 4) is 11.3 Å². The van der Waals surface area contributed by atoms with Gasteiger partial charge in [0.1, 0.15) is 5.82 Å². The molecule has 0 saturated carbocycles. The summed E-state index contributed by atoms with van der Waals surface area (Å²) in [6, 6.07) is 4.76. The summed E-state index contributed by atoms with van der Waals surface area (Å²) in [5, 5.41) is 1.02. The second kappa shape index (κ2) is 4.63. The molecule has 0 spiro atoms. The van der Waals surface area contributed by atoms with E-state index < -0.39 is 5.82 Å². The number of aromatic nitrogens is 1. The lowest BCUT2D eigenvalue weighted by atomic mass is 9.98. The third-order valence-electron chi connectivity index (χ3n) is 2.50. The van der Waals surface area contributed by atoms with Crippen molar-refractivity contribution < 1.29 is 4.39 Å². The highest BCUT2D eigenvalue weighted by Crippen LogP contribution is 2.38. The topological polar surface area (TPSA) is 38.9 Å². The van der Waals surface area contributed by atoms with Gasteiger partial charge in [-0.05, 0) is 28.1 Å². The molecule has 1 aromatic heterocycles. The average molecular weight is 329 g/mol. The Bertz CT molecular complexity index is 587. The number of thiazole rings is 1. The van der Waals surface area contributed by atoms with E-state index in [2.05, 4.69) is 41.7 Å². The fourth-order valence-corrected chi connectivity index (χ4v) is 3.13. The molecule has 18 heavy (non-hydrogen) atoms. The molecule has 1 aromatic carbocycles. The molecule has 0 saturated heterocycles. The zero-order valence-electron chi connectivity index (χ0n) is 10.4. The maximum absolute atomic E-state index is 13.5. The number of nitrogens with two attached hydrogens (primary N) is 1. The lowest BCUT2D eigenvalue weighted by Gasteiger charge is -2.13. The van der Waals surface area contributed by atoms with E-state index in [1.54, 1.807) is 23.5 Å². The first-order chi connectivity index (χ1) is 8.29. The first kappa shape index (κ1) is 13.5. The zero-order chi connectivity index (χ0) is 13.5. The number of hydrogen-bond acceptors (Lipinski definition) is 3. The highest BCUT2D eigenvalue weighted by molar-refractivity contribution is 9.11. The molecule has 0 fully saturated rings. The molecule has 0 aliphatic heterocycles. The number of rotatable bonds is 1. The molecule has 0 atom stereocenters. The monoisotopic (exact) mass is 328 g/mol. The van der Waals surface area contributed by atoms with Crippen molar-refractivity contribution in [1.82, 2.24) is 4.98 Å². The van der Waals surface area contributed by atoms with Crippen LogP contribution in [0.15, 0.2) is 22.0 Å². The molecular formula is C13H14BrFN2S. The highest BCUT2D eigenvalue weighted by atomic mass is 79.9. The first-order valence-corrected chi connectivity index (χ1v) is 7.12. The highest BCUT2D eigenvalue weighted by Gasteiger charge is 2.21. The summed E-state index contributed by atoms with van der Waals surface area (Å²) >= 11 is 5.07. The smallest absolute Gasteiger partial charge is 0.146 e. The van der Waals surface area contributed by atoms with Crippen molar-refractivity contribution in [2.45, 2.75) is 26.2 Å². The van der Waals surface area contributed by atoms with Crippen LogP contribution in [-0.4, -0.2) is 4.98 Å². The summed E-state index contributed by atoms with van der Waals surface area (Å²) in [5.41, 5.74) is 7.12. The molecule has 5 heteroatoms. The van der Waals surface area contributed by atoms with Gasteiger partial charge in [0.15, 0.2) is 0 Å². The molecule has 0 unspecified atom stereocenters. The van der Waals surface area contributed by atoms with Gasteiger partial charge in [0.2, 0.25) is 0 Å². The normalized spacial score (nSPS) is 11.8. The minimum Gasteiger partial charge on any atom is -0.396 e. The van der Waals surface area contributed by atoms with Crippen molar-refractivity contribution >= 4 is 33.0 Å². The van der Waals surface area contributed by atoms with E-state index in [0.29, 0.717) is 0 Å². The van der Waals surface area contributed by atoms with Crippen molar-refractivity contribution in [3.63, 3.8) is 0 Å². The Morgan fingerprint density at radius 3 is 2.50 bits per heavy atom. The summed E-state index contributed by atoms with van der Waals surface area (Å²) < 4.78 is 14.4. The third kappa shape index (κ3) is 2.57. The van der Waals surface area contributed by atoms with Crippen LogP contribution >= 0.6 is 27.3 Å². The summed E-state index contributed by atoms with van der Waals surface area (Å²) in [6.07, 6.45) is 0. The van der Waals surface area contributed by atoms with Gasteiger partial charge < -0.3 is 5.73 Å². The molecule has 0 amide bonds. The summed E-state index contributed by atoms with van der Waals surface area (Å²) in [6.45, 7) is 6.31. The standard InChI is InChI=1S/C13H14BrFN2S/c1-13(2,3)12-17-10(11(14)18-12)7-4-5-9(16)8(15)6-7/h4-6H,16H2,1-3H3. The molecule has 0 aliphatic rings. The van der Waals surface area contributed by atoms with Crippen molar-refractivity contribution in [2.75, 3.05) is 5.73 Å². The predicted molar refractivity (Wildman–Crippen MR) is 78.3 cm³/mol. The predicted octanol–water partition coefficient (Wildman–Crippen LogP) is 4.59. The summed E-state index contributed by atoms with van der Waals surface area (Å²) in [4.78, 5) is 4.59. The summed E-state index contributed by atoms with van der Waals surface area (Å²) in [5.74, 6) is -0.412. The molecule has 2 aromatic rings. The Balaban J connectivity index is 2.51. The number of nitrogen functional groups attached to an aromatic ring is 1. The first-order valence-electron chi connectivity index (χ1n) is 5.51. The Morgan fingerprint density at radius 2 is 2.00 bits per heavy atom. The van der Waals surface area contributed by atoms with Crippen LogP contribution in [0.4, 0.5) is 10.1 Å². The molecule has 0 bridgehead atoms. The Morgan fingerprint density at radius 1 is 1.33 bits per heavy atom. The van der Waals surface area contributed by atoms with Gasteiger partial charge in [0.25, 0.3) is 0 Å². The zero-order valence-corrected chi connectivity index (χ0v) is 12.8. The van der Waals surface area contributed by atoms with Crippen LogP contribution in [0.1, 0.15) is 25.8 Å². The second-order valence-corrected chi connectivity index (χ2v) is 7.44. The van der Waals surface area contributed by atoms with E-state index in [4.69, 9.17) is 5.73 Å². The second-order valence-electron chi connectivity index (χ2n) is 5.13. The SMILES string of the molecule is CC(C)(C)c1nc(-c2ccc(N)c(F)c2)c(Br)s1. The van der Waals surface area contributed by atoms with E-state index in [-0.39, 0.29) is 11.1 Å². The molecule has 2 nitrogen and oxygen atoms in total. The number of nitrogens with zero attached hydrogens (tertiary/aromatic N) is 1. The minimum atomic E-state index is -0.412. The lowest BCUT2D eigenvalue weighted by Crippen LogP contribution is -2.10. The van der Waals surface area contributed by atoms with Gasteiger partial charge in [-0.15, -0.1) is 11.3 Å². The number of anilines is 1. The van der Waals surface area contributed by atoms with E-state index in [9.17, 15) is 4.39 Å². The van der Waals surface area contributed by atoms with Crippen LogP contribution in [-0.2, 0) is 5.41 Å². The van der Waals surface area contributed by atoms with Crippen LogP contribution in [0.25, 0.3) is 11.3 Å². The minimum absolute atomic E-state index is 0.0161. The van der Waals surface area contributed by atoms with E-state index in [0.717, 1.165) is 20.1 Å². The molecule has 2 N–H and O–H groups in total. The quantitative estimate of drug-likeness (QED) is 0.777. The fourth-order valence-electron chi connectivity index (χ4n) is 1.47. The van der Waals surface area contributed by atoms with Gasteiger partial charge >= 0.3 is 0 Å². The largest absolute Gasteiger partial charge is 0.396 e. The van der Waals surface area contributed by atoms with Gasteiger partial charge in [-0.25, -0.2) is 9.37 Å². The molecular weight excluding hydrogens is 315 g/mol. The number of benzene rings is 1. The van der Waals surface area contributed by atoms with Gasteiger partial charge in [-0.2, -0.15) is 0 Å². The van der Waals surface area contributed by atoms with Crippen molar-refractivity contribution in [2.24, 2.45) is 0 Å². The van der Waals surface area contributed by atoms with Gasteiger partial charge in [-0.3, -0.25) is 0 Å². The maximum atomic E-state index is 13.5. The van der Waals surface area contributed by atoms with Gasteiger partial charge in [0.05, 0.1) is 20.2 Å². The average Bonchev–Trinajstić information content (AvgIpc) is 2.64. The van der Waals surface area contributed by atoms with Gasteiger partial charge in [0, 0.05) is 11.0 Å². The van der Waals surface area contributed by atoms with Gasteiger partial charge in [-0.1, -0.05) is 26.8 Å². The number of halogens is 2. The lowest BCUT2D eigenvalue weighted by molar-refractivity contribution is 0.586. The molecule has 2 rings (SSSR count). The fraction of sp³-hybridized carbons (Fsp3) is 0.308. The van der Waals surface area contributed by atoms with Crippen LogP contribution in [0, 0.1) is 5.82 Å². The molecule has 0 aliphatic carbocycles.